The predicted octanol–water partition coefficient (Wildman–Crippen LogP) is 3.09. The van der Waals surface area contributed by atoms with Crippen LogP contribution in [0.4, 0.5) is 17.6 Å². The molecule has 0 aliphatic rings. The van der Waals surface area contributed by atoms with Crippen molar-refractivity contribution in [3.05, 3.63) is 30.4 Å². The number of hydrogen-bond acceptors (Lipinski definition) is 8. The normalized spacial score (nSPS) is 12.5. The molecule has 9 nitrogen and oxygen atoms in total. The first kappa shape index (κ1) is 21.0. The Morgan fingerprint density at radius 1 is 1.17 bits per heavy atom. The molecule has 10 heteroatoms. The van der Waals surface area contributed by atoms with E-state index in [9.17, 15) is 8.42 Å². The summed E-state index contributed by atoms with van der Waals surface area (Å²) >= 11 is 0. The van der Waals surface area contributed by atoms with E-state index < -0.39 is 14.6 Å². The Morgan fingerprint density at radius 2 is 1.90 bits per heavy atom. The van der Waals surface area contributed by atoms with E-state index in [1.54, 1.807) is 32.3 Å². The molecule has 3 aromatic rings. The molecule has 29 heavy (non-hydrogen) atoms. The summed E-state index contributed by atoms with van der Waals surface area (Å²) < 4.78 is 24.9. The van der Waals surface area contributed by atoms with Crippen LogP contribution in [0.15, 0.2) is 24.5 Å². The van der Waals surface area contributed by atoms with Crippen molar-refractivity contribution in [1.29, 1.82) is 0 Å². The number of hydrogen-bond donors (Lipinski definition) is 2. The minimum Gasteiger partial charge on any atom is -0.353 e. The zero-order valence-corrected chi connectivity index (χ0v) is 18.4. The highest BCUT2D eigenvalue weighted by molar-refractivity contribution is 7.92. The summed E-state index contributed by atoms with van der Waals surface area (Å²) in [6, 6.07) is 3.95. The largest absolute Gasteiger partial charge is 0.353 e. The molecule has 3 heterocycles. The van der Waals surface area contributed by atoms with Crippen LogP contribution in [-0.4, -0.2) is 50.5 Å². The molecule has 3 rings (SSSR count). The van der Waals surface area contributed by atoms with E-state index in [1.807, 2.05) is 13.0 Å². The molecule has 0 fully saturated rings. The van der Waals surface area contributed by atoms with Crippen LogP contribution in [0.2, 0.25) is 0 Å². The number of rotatable bonds is 7. The SMILES string of the molecule is Cc1nc2cnc(Nc3ccnc(NCC(C)(C)S(C)(=O)=O)n3)cc2n1C(C)C. The number of anilines is 3. The second-order valence-electron chi connectivity index (χ2n) is 7.96. The first-order valence-electron chi connectivity index (χ1n) is 9.36. The van der Waals surface area contributed by atoms with Gasteiger partial charge in [0.2, 0.25) is 5.95 Å². The van der Waals surface area contributed by atoms with Gasteiger partial charge < -0.3 is 15.2 Å². The van der Waals surface area contributed by atoms with Crippen molar-refractivity contribution in [2.45, 2.75) is 45.4 Å². The van der Waals surface area contributed by atoms with Gasteiger partial charge in [-0.3, -0.25) is 0 Å². The smallest absolute Gasteiger partial charge is 0.224 e. The summed E-state index contributed by atoms with van der Waals surface area (Å²) in [6.45, 7) is 9.73. The van der Waals surface area contributed by atoms with Crippen molar-refractivity contribution in [1.82, 2.24) is 24.5 Å². The van der Waals surface area contributed by atoms with E-state index in [4.69, 9.17) is 0 Å². The molecule has 0 saturated heterocycles. The lowest BCUT2D eigenvalue weighted by molar-refractivity contribution is 0.559. The van der Waals surface area contributed by atoms with Gasteiger partial charge >= 0.3 is 0 Å². The van der Waals surface area contributed by atoms with Gasteiger partial charge in [-0.15, -0.1) is 0 Å². The molecule has 156 valence electrons. The molecule has 0 aliphatic carbocycles. The molecule has 0 amide bonds. The molecular weight excluding hydrogens is 390 g/mol. The average Bonchev–Trinajstić information content (AvgIpc) is 2.94. The third kappa shape index (κ3) is 4.47. The molecule has 0 unspecified atom stereocenters. The van der Waals surface area contributed by atoms with Gasteiger partial charge in [-0.05, 0) is 40.7 Å². The summed E-state index contributed by atoms with van der Waals surface area (Å²) in [5.41, 5.74) is 1.84. The molecule has 0 bridgehead atoms. The molecule has 3 aromatic heterocycles. The Labute approximate surface area is 170 Å². The second-order valence-corrected chi connectivity index (χ2v) is 10.6. The Bertz CT molecular complexity index is 1140. The van der Waals surface area contributed by atoms with Crippen LogP contribution < -0.4 is 10.6 Å². The van der Waals surface area contributed by atoms with Crippen LogP contribution in [0.1, 0.15) is 39.6 Å². The van der Waals surface area contributed by atoms with Crippen LogP contribution in [0.5, 0.6) is 0 Å². The average molecular weight is 418 g/mol. The fourth-order valence-corrected chi connectivity index (χ4v) is 3.24. The van der Waals surface area contributed by atoms with Crippen LogP contribution in [0, 0.1) is 6.92 Å². The van der Waals surface area contributed by atoms with E-state index in [-0.39, 0.29) is 12.6 Å². The van der Waals surface area contributed by atoms with Gasteiger partial charge in [-0.2, -0.15) is 4.98 Å². The number of aryl methyl sites for hydroxylation is 1. The van der Waals surface area contributed by atoms with Gasteiger partial charge in [0.1, 0.15) is 23.0 Å². The van der Waals surface area contributed by atoms with Gasteiger partial charge in [0.25, 0.3) is 0 Å². The van der Waals surface area contributed by atoms with Crippen molar-refractivity contribution in [2.75, 3.05) is 23.4 Å². The first-order chi connectivity index (χ1) is 13.5. The molecule has 2 N–H and O–H groups in total. The number of fused-ring (bicyclic) bond motifs is 1. The number of sulfone groups is 1. The van der Waals surface area contributed by atoms with Crippen LogP contribution >= 0.6 is 0 Å². The summed E-state index contributed by atoms with van der Waals surface area (Å²) in [4.78, 5) is 17.5. The molecule has 0 spiro atoms. The van der Waals surface area contributed by atoms with E-state index in [1.165, 1.54) is 6.26 Å². The fraction of sp³-hybridized carbons (Fsp3) is 0.474. The number of nitrogens with one attached hydrogen (secondary N) is 2. The number of nitrogens with zero attached hydrogens (tertiary/aromatic N) is 5. The lowest BCUT2D eigenvalue weighted by atomic mass is 10.2. The van der Waals surface area contributed by atoms with E-state index in [2.05, 4.69) is 49.0 Å². The highest BCUT2D eigenvalue weighted by Crippen LogP contribution is 2.24. The lowest BCUT2D eigenvalue weighted by Crippen LogP contribution is -2.38. The molecule has 0 saturated carbocycles. The maximum atomic E-state index is 11.9. The van der Waals surface area contributed by atoms with Gasteiger partial charge in [0, 0.05) is 31.1 Å². The van der Waals surface area contributed by atoms with E-state index in [0.717, 1.165) is 16.9 Å². The van der Waals surface area contributed by atoms with Crippen LogP contribution in [0.25, 0.3) is 11.0 Å². The zero-order valence-electron chi connectivity index (χ0n) is 17.6. The Hall–Kier alpha value is -2.75. The summed E-state index contributed by atoms with van der Waals surface area (Å²) in [6.07, 6.45) is 4.56. The van der Waals surface area contributed by atoms with E-state index >= 15 is 0 Å². The Morgan fingerprint density at radius 3 is 2.55 bits per heavy atom. The van der Waals surface area contributed by atoms with Gasteiger partial charge in [0.15, 0.2) is 9.84 Å². The standard InChI is InChI=1S/C19H27N7O2S/c1-12(2)26-13(3)23-14-10-21-17(9-15(14)26)24-16-7-8-20-18(25-16)22-11-19(4,5)29(6,27)28/h7-10,12H,11H2,1-6H3,(H2,20,21,22,24,25). The van der Waals surface area contributed by atoms with Crippen molar-refractivity contribution in [2.24, 2.45) is 0 Å². The summed E-state index contributed by atoms with van der Waals surface area (Å²) in [7, 11) is -3.21. The third-order valence-corrected chi connectivity index (χ3v) is 7.01. The highest BCUT2D eigenvalue weighted by Gasteiger charge is 2.30. The molecular formula is C19H27N7O2S. The first-order valence-corrected chi connectivity index (χ1v) is 11.3. The third-order valence-electron chi connectivity index (χ3n) is 4.86. The number of imidazole rings is 1. The maximum absolute atomic E-state index is 11.9. The van der Waals surface area contributed by atoms with Crippen molar-refractivity contribution in [3.8, 4) is 0 Å². The molecule has 0 radical (unpaired) electrons. The quantitative estimate of drug-likeness (QED) is 0.603. The topological polar surface area (TPSA) is 115 Å². The van der Waals surface area contributed by atoms with Gasteiger partial charge in [-0.25, -0.2) is 23.4 Å². The minimum absolute atomic E-state index is 0.201. The van der Waals surface area contributed by atoms with Crippen molar-refractivity contribution in [3.63, 3.8) is 0 Å². The van der Waals surface area contributed by atoms with Gasteiger partial charge in [-0.1, -0.05) is 0 Å². The zero-order chi connectivity index (χ0) is 21.4. The minimum atomic E-state index is -3.21. The number of aromatic nitrogens is 5. The highest BCUT2D eigenvalue weighted by atomic mass is 32.2. The van der Waals surface area contributed by atoms with Crippen LogP contribution in [0.3, 0.4) is 0 Å². The van der Waals surface area contributed by atoms with E-state index in [0.29, 0.717) is 17.6 Å². The Kier molecular flexibility index (Phi) is 5.48. The Balaban J connectivity index is 1.81. The fourth-order valence-electron chi connectivity index (χ4n) is 2.91. The maximum Gasteiger partial charge on any atom is 0.224 e. The van der Waals surface area contributed by atoms with Gasteiger partial charge in [0.05, 0.1) is 16.5 Å². The predicted molar refractivity (Wildman–Crippen MR) is 115 cm³/mol. The molecule has 0 aromatic carbocycles. The summed E-state index contributed by atoms with van der Waals surface area (Å²) in [5, 5.41) is 6.18. The number of pyridine rings is 1. The monoisotopic (exact) mass is 417 g/mol. The van der Waals surface area contributed by atoms with Crippen molar-refractivity contribution < 1.29 is 8.42 Å². The second kappa shape index (κ2) is 7.58. The van der Waals surface area contributed by atoms with Crippen LogP contribution in [-0.2, 0) is 9.84 Å². The molecule has 0 aliphatic heterocycles. The van der Waals surface area contributed by atoms with Crippen molar-refractivity contribution >= 4 is 38.5 Å². The lowest BCUT2D eigenvalue weighted by Gasteiger charge is -2.22. The summed E-state index contributed by atoms with van der Waals surface area (Å²) in [5.74, 6) is 2.48. The molecule has 0 atom stereocenters.